The maximum atomic E-state index is 13.6. The summed E-state index contributed by atoms with van der Waals surface area (Å²) in [5, 5.41) is 3.08. The summed E-state index contributed by atoms with van der Waals surface area (Å²) >= 11 is 0. The van der Waals surface area contributed by atoms with Gasteiger partial charge < -0.3 is 19.4 Å². The predicted octanol–water partition coefficient (Wildman–Crippen LogP) is 23.8. The Morgan fingerprint density at radius 2 is 0.682 bits per heavy atom. The highest BCUT2D eigenvalue weighted by molar-refractivity contribution is 7.47. The molecule has 0 aromatic rings. The first-order valence-corrected chi connectivity index (χ1v) is 38.8. The predicted molar refractivity (Wildman–Crippen MR) is 369 cm³/mol. The minimum atomic E-state index is -4.45. The molecule has 3 unspecified atom stereocenters. The smallest absolute Gasteiger partial charge is 0.456 e. The zero-order valence-electron chi connectivity index (χ0n) is 57.6. The van der Waals surface area contributed by atoms with E-state index in [4.69, 9.17) is 13.8 Å². The van der Waals surface area contributed by atoms with E-state index in [1.54, 1.807) is 0 Å². The number of phosphoric ester groups is 1. The first-order valence-electron chi connectivity index (χ1n) is 37.3. The highest BCUT2D eigenvalue weighted by Crippen LogP contribution is 2.43. The largest absolute Gasteiger partial charge is 0.472 e. The molecule has 0 fully saturated rings. The molecular weight excluding hydrogens is 1070 g/mol. The van der Waals surface area contributed by atoms with Gasteiger partial charge in [-0.25, -0.2) is 4.57 Å². The van der Waals surface area contributed by atoms with Crippen LogP contribution in [0.1, 0.15) is 380 Å². The second kappa shape index (κ2) is 65.2. The maximum Gasteiger partial charge on any atom is 0.472 e. The normalized spacial score (nSPS) is 13.6. The first kappa shape index (κ1) is 83.2. The van der Waals surface area contributed by atoms with Gasteiger partial charge in [0, 0.05) is 12.8 Å². The van der Waals surface area contributed by atoms with Gasteiger partial charge in [-0.3, -0.25) is 18.6 Å². The molecule has 3 atom stereocenters. The summed E-state index contributed by atoms with van der Waals surface area (Å²) in [6, 6.07) is -0.846. The van der Waals surface area contributed by atoms with Crippen molar-refractivity contribution in [3.05, 3.63) is 36.5 Å². The van der Waals surface area contributed by atoms with Crippen LogP contribution in [-0.4, -0.2) is 74.3 Å². The summed E-state index contributed by atoms with van der Waals surface area (Å²) in [7, 11) is 1.51. The molecule has 502 valence electrons. The van der Waals surface area contributed by atoms with Crippen molar-refractivity contribution >= 4 is 19.7 Å². The van der Waals surface area contributed by atoms with Gasteiger partial charge in [-0.2, -0.15) is 0 Å². The van der Waals surface area contributed by atoms with Crippen molar-refractivity contribution in [1.29, 1.82) is 0 Å². The van der Waals surface area contributed by atoms with Gasteiger partial charge in [-0.15, -0.1) is 0 Å². The Hall–Kier alpha value is -1.77. The standard InChI is InChI=1S/C75H145N2O7P/c1-7-10-13-16-19-22-25-28-30-32-34-36-37-38-39-41-43-45-47-50-53-56-59-62-65-68-75(79)84-73(66-63-60-57-54-51-48-27-24-21-18-15-12-9-3)72(71-83-85(80,81)82-70-69-77(4,5)6)76-74(78)67-64-61-58-55-52-49-46-44-42-40-35-33-31-29-26-23-20-17-14-11-8-2/h28-31,63,66,72-73H,7-27,32-62,64-65,67-71H2,1-6H3,(H-,76,78,80,81)/p+1/b30-28+,31-29+,66-63+. The number of likely N-dealkylation sites (N-methyl/N-ethyl adjacent to an activating group) is 1. The zero-order chi connectivity index (χ0) is 62.1. The van der Waals surface area contributed by atoms with Gasteiger partial charge in [0.15, 0.2) is 0 Å². The van der Waals surface area contributed by atoms with Crippen molar-refractivity contribution in [2.45, 2.75) is 392 Å². The Kier molecular flexibility index (Phi) is 63.8. The van der Waals surface area contributed by atoms with Crippen LogP contribution in [0.25, 0.3) is 0 Å². The topological polar surface area (TPSA) is 111 Å². The molecule has 0 spiro atoms. The lowest BCUT2D eigenvalue weighted by atomic mass is 10.0. The number of unbranched alkanes of at least 4 members (excludes halogenated alkanes) is 49. The van der Waals surface area contributed by atoms with Gasteiger partial charge in [0.2, 0.25) is 5.91 Å². The molecule has 0 aromatic carbocycles. The van der Waals surface area contributed by atoms with E-state index >= 15 is 0 Å². The zero-order valence-corrected chi connectivity index (χ0v) is 58.5. The third-order valence-corrected chi connectivity index (χ3v) is 18.0. The number of ether oxygens (including phenoxy) is 1. The number of esters is 1. The first-order chi connectivity index (χ1) is 41.4. The van der Waals surface area contributed by atoms with Crippen LogP contribution >= 0.6 is 7.82 Å². The van der Waals surface area contributed by atoms with E-state index in [0.29, 0.717) is 23.9 Å². The number of carbonyl (C=O) groups excluding carboxylic acids is 2. The molecule has 0 radical (unpaired) electrons. The Bertz CT molecular complexity index is 1550. The highest BCUT2D eigenvalue weighted by atomic mass is 31.2. The van der Waals surface area contributed by atoms with Crippen LogP contribution in [0, 0.1) is 0 Å². The van der Waals surface area contributed by atoms with E-state index in [1.807, 2.05) is 27.2 Å². The van der Waals surface area contributed by atoms with E-state index in [2.05, 4.69) is 56.5 Å². The fourth-order valence-corrected chi connectivity index (χ4v) is 12.0. The fourth-order valence-electron chi connectivity index (χ4n) is 11.3. The van der Waals surface area contributed by atoms with Gasteiger partial charge in [0.1, 0.15) is 19.3 Å². The van der Waals surface area contributed by atoms with Crippen molar-refractivity contribution in [1.82, 2.24) is 5.32 Å². The van der Waals surface area contributed by atoms with Gasteiger partial charge in [-0.05, 0) is 83.1 Å². The molecule has 0 aliphatic carbocycles. The molecule has 0 heterocycles. The lowest BCUT2D eigenvalue weighted by molar-refractivity contribution is -0.870. The Morgan fingerprint density at radius 1 is 0.400 bits per heavy atom. The van der Waals surface area contributed by atoms with Crippen molar-refractivity contribution < 1.29 is 37.3 Å². The lowest BCUT2D eigenvalue weighted by Crippen LogP contribution is -2.47. The second-order valence-electron chi connectivity index (χ2n) is 26.8. The van der Waals surface area contributed by atoms with E-state index < -0.39 is 20.0 Å². The molecular formula is C75H146N2O7P+. The number of hydrogen-bond donors (Lipinski definition) is 2. The van der Waals surface area contributed by atoms with Crippen LogP contribution in [0.2, 0.25) is 0 Å². The van der Waals surface area contributed by atoms with Crippen LogP contribution in [0.3, 0.4) is 0 Å². The van der Waals surface area contributed by atoms with Crippen LogP contribution in [0.5, 0.6) is 0 Å². The molecule has 0 rings (SSSR count). The highest BCUT2D eigenvalue weighted by Gasteiger charge is 2.30. The average Bonchev–Trinajstić information content (AvgIpc) is 3.48. The molecule has 2 N–H and O–H groups in total. The molecule has 1 amide bonds. The summed E-state index contributed by atoms with van der Waals surface area (Å²) in [4.78, 5) is 38.0. The minimum Gasteiger partial charge on any atom is -0.456 e. The van der Waals surface area contributed by atoms with E-state index in [-0.39, 0.29) is 25.1 Å². The van der Waals surface area contributed by atoms with E-state index in [0.717, 1.165) is 57.8 Å². The number of nitrogens with zero attached hydrogens (tertiary/aromatic N) is 1. The average molecular weight is 1220 g/mol. The molecule has 85 heavy (non-hydrogen) atoms. The molecule has 0 bridgehead atoms. The van der Waals surface area contributed by atoms with Gasteiger partial charge >= 0.3 is 13.8 Å². The summed E-state index contributed by atoms with van der Waals surface area (Å²) in [6.07, 6.45) is 81.6. The van der Waals surface area contributed by atoms with Crippen molar-refractivity contribution in [3.8, 4) is 0 Å². The minimum absolute atomic E-state index is 0.0430. The van der Waals surface area contributed by atoms with Crippen LogP contribution in [0.15, 0.2) is 36.5 Å². The number of allylic oxidation sites excluding steroid dienone is 5. The molecule has 0 aromatic heterocycles. The molecule has 10 heteroatoms. The van der Waals surface area contributed by atoms with Gasteiger partial charge in [0.05, 0.1) is 33.8 Å². The number of nitrogens with one attached hydrogen (secondary N) is 1. The summed E-state index contributed by atoms with van der Waals surface area (Å²) in [6.45, 7) is 7.07. The Labute approximate surface area is 529 Å². The Morgan fingerprint density at radius 3 is 1.00 bits per heavy atom. The van der Waals surface area contributed by atoms with Crippen molar-refractivity contribution in [3.63, 3.8) is 0 Å². The van der Waals surface area contributed by atoms with Crippen molar-refractivity contribution in [2.24, 2.45) is 0 Å². The molecule has 0 saturated carbocycles. The van der Waals surface area contributed by atoms with E-state index in [9.17, 15) is 19.0 Å². The molecule has 0 saturated heterocycles. The van der Waals surface area contributed by atoms with Crippen LogP contribution in [0.4, 0.5) is 0 Å². The number of phosphoric acid groups is 1. The Balaban J connectivity index is 5.02. The van der Waals surface area contributed by atoms with E-state index in [1.165, 1.54) is 289 Å². The van der Waals surface area contributed by atoms with Gasteiger partial charge in [-0.1, -0.05) is 321 Å². The maximum absolute atomic E-state index is 13.6. The van der Waals surface area contributed by atoms with Crippen LogP contribution in [-0.2, 0) is 27.9 Å². The van der Waals surface area contributed by atoms with Crippen LogP contribution < -0.4 is 5.32 Å². The number of amides is 1. The molecule has 0 aliphatic heterocycles. The summed E-state index contributed by atoms with van der Waals surface area (Å²) in [5.41, 5.74) is 0. The summed E-state index contributed by atoms with van der Waals surface area (Å²) in [5.74, 6) is -0.484. The van der Waals surface area contributed by atoms with Gasteiger partial charge in [0.25, 0.3) is 0 Å². The monoisotopic (exact) mass is 1220 g/mol. The fraction of sp³-hybridized carbons (Fsp3) is 0.893. The summed E-state index contributed by atoms with van der Waals surface area (Å²) < 4.78 is 30.9. The third kappa shape index (κ3) is 66.5. The SMILES string of the molecule is CCCCCCCC/C=C/CCCCCCCCCCCCCCCCCC(=O)OC(/C=C/CCCCCCCCCCCCC)C(COP(=O)(O)OCC[N+](C)(C)C)NC(=O)CCCCCCCCCCCCC/C=C/CCCCCCCC. The number of hydrogen-bond acceptors (Lipinski definition) is 6. The number of quaternary nitrogens is 1. The molecule has 9 nitrogen and oxygen atoms in total. The quantitative estimate of drug-likeness (QED) is 0.0205. The third-order valence-electron chi connectivity index (χ3n) is 17.1. The number of carbonyl (C=O) groups is 2. The van der Waals surface area contributed by atoms with Crippen molar-refractivity contribution in [2.75, 3.05) is 40.9 Å². The molecule has 0 aliphatic rings. The lowest BCUT2D eigenvalue weighted by Gasteiger charge is -2.27. The second-order valence-corrected chi connectivity index (χ2v) is 28.3. The number of rotatable bonds is 69.